The fourth-order valence-corrected chi connectivity index (χ4v) is 7.21. The number of rotatable bonds is 6. The van der Waals surface area contributed by atoms with Crippen molar-refractivity contribution in [3.8, 4) is 0 Å². The van der Waals surface area contributed by atoms with Crippen LogP contribution in [0.1, 0.15) is 36.5 Å². The summed E-state index contributed by atoms with van der Waals surface area (Å²) in [6.07, 6.45) is 0.106. The van der Waals surface area contributed by atoms with Crippen molar-refractivity contribution < 1.29 is 27.9 Å². The quantitative estimate of drug-likeness (QED) is 0.686. The number of carbonyl (C=O) groups is 3. The van der Waals surface area contributed by atoms with E-state index in [0.29, 0.717) is 16.4 Å². The number of carboxylic acids is 1. The first-order valence-corrected chi connectivity index (χ1v) is 11.5. The highest BCUT2D eigenvalue weighted by Crippen LogP contribution is 2.41. The molecule has 1 N–H and O–H groups in total. The Morgan fingerprint density at radius 1 is 1.18 bits per heavy atom. The third kappa shape index (κ3) is 4.61. The van der Waals surface area contributed by atoms with Gasteiger partial charge in [0.15, 0.2) is 20.8 Å². The van der Waals surface area contributed by atoms with Crippen molar-refractivity contribution in [2.24, 2.45) is 4.99 Å². The number of amides is 1. The molecule has 28 heavy (non-hydrogen) atoms. The Balaban J connectivity index is 1.86. The van der Waals surface area contributed by atoms with Crippen LogP contribution in [0.15, 0.2) is 29.3 Å². The van der Waals surface area contributed by atoms with Crippen LogP contribution < -0.4 is 4.90 Å². The molecule has 2 atom stereocenters. The van der Waals surface area contributed by atoms with E-state index < -0.39 is 21.7 Å². The number of thioether (sulfide) groups is 1. The lowest BCUT2D eigenvalue weighted by Crippen LogP contribution is -2.37. The van der Waals surface area contributed by atoms with E-state index in [0.717, 1.165) is 0 Å². The van der Waals surface area contributed by atoms with Gasteiger partial charge in [-0.3, -0.25) is 14.4 Å². The van der Waals surface area contributed by atoms with Crippen molar-refractivity contribution in [2.75, 3.05) is 16.4 Å². The highest BCUT2D eigenvalue weighted by atomic mass is 32.2. The number of hydrogen-bond acceptors (Lipinski definition) is 6. The molecular formula is C18H20N2O6S2. The van der Waals surface area contributed by atoms with Gasteiger partial charge in [0.25, 0.3) is 0 Å². The van der Waals surface area contributed by atoms with Crippen molar-refractivity contribution >= 4 is 50.1 Å². The van der Waals surface area contributed by atoms with Gasteiger partial charge in [0.1, 0.15) is 0 Å². The Labute approximate surface area is 166 Å². The van der Waals surface area contributed by atoms with Gasteiger partial charge in [0.05, 0.1) is 17.5 Å². The van der Waals surface area contributed by atoms with Crippen molar-refractivity contribution in [1.29, 1.82) is 0 Å². The topological polar surface area (TPSA) is 121 Å². The molecule has 0 saturated carbocycles. The average molecular weight is 425 g/mol. The van der Waals surface area contributed by atoms with Gasteiger partial charge >= 0.3 is 5.97 Å². The summed E-state index contributed by atoms with van der Waals surface area (Å²) in [7, 11) is -3.17. The molecule has 2 aliphatic heterocycles. The number of carbonyl (C=O) groups excluding carboxylic acids is 2. The maximum absolute atomic E-state index is 12.2. The second kappa shape index (κ2) is 8.04. The molecule has 3 rings (SSSR count). The molecule has 10 heteroatoms. The minimum Gasteiger partial charge on any atom is -0.481 e. The highest BCUT2D eigenvalue weighted by Gasteiger charge is 2.49. The van der Waals surface area contributed by atoms with Crippen LogP contribution in [0.2, 0.25) is 0 Å². The number of aliphatic carboxylic acids is 1. The molecule has 2 heterocycles. The Bertz CT molecular complexity index is 939. The highest BCUT2D eigenvalue weighted by molar-refractivity contribution is 8.16. The average Bonchev–Trinajstić information content (AvgIpc) is 3.05. The molecule has 0 bridgehead atoms. The fraction of sp³-hybridized carbons (Fsp3) is 0.444. The molecule has 0 unspecified atom stereocenters. The van der Waals surface area contributed by atoms with Crippen molar-refractivity contribution in [3.05, 3.63) is 29.8 Å². The Kier molecular flexibility index (Phi) is 5.90. The number of Topliss-reactive ketones (excluding diaryl/α,β-unsaturated/α-hetero) is 1. The molecule has 0 aromatic heterocycles. The van der Waals surface area contributed by atoms with E-state index in [2.05, 4.69) is 4.99 Å². The summed E-state index contributed by atoms with van der Waals surface area (Å²) < 4.78 is 24.1. The van der Waals surface area contributed by atoms with Gasteiger partial charge in [0.2, 0.25) is 5.91 Å². The van der Waals surface area contributed by atoms with Gasteiger partial charge < -0.3 is 10.0 Å². The van der Waals surface area contributed by atoms with Crippen LogP contribution in [-0.2, 0) is 19.4 Å². The van der Waals surface area contributed by atoms with Crippen LogP contribution in [0.4, 0.5) is 5.69 Å². The lowest BCUT2D eigenvalue weighted by Gasteiger charge is -2.24. The molecule has 2 fully saturated rings. The zero-order valence-corrected chi connectivity index (χ0v) is 16.8. The maximum Gasteiger partial charge on any atom is 0.303 e. The molecule has 0 radical (unpaired) electrons. The lowest BCUT2D eigenvalue weighted by atomic mass is 10.1. The van der Waals surface area contributed by atoms with Crippen molar-refractivity contribution in [3.63, 3.8) is 0 Å². The van der Waals surface area contributed by atoms with E-state index in [1.54, 1.807) is 29.2 Å². The lowest BCUT2D eigenvalue weighted by molar-refractivity contribution is -0.137. The van der Waals surface area contributed by atoms with Gasteiger partial charge in [-0.05, 0) is 37.6 Å². The first-order valence-electron chi connectivity index (χ1n) is 8.77. The molecule has 0 aliphatic carbocycles. The number of nitrogens with zero attached hydrogens (tertiary/aromatic N) is 2. The van der Waals surface area contributed by atoms with E-state index in [-0.39, 0.29) is 47.8 Å². The Morgan fingerprint density at radius 3 is 2.46 bits per heavy atom. The fourth-order valence-electron chi connectivity index (χ4n) is 3.28. The van der Waals surface area contributed by atoms with Crippen LogP contribution in [0.5, 0.6) is 0 Å². The van der Waals surface area contributed by atoms with Gasteiger partial charge in [-0.2, -0.15) is 4.99 Å². The number of sulfone groups is 1. The van der Waals surface area contributed by atoms with Gasteiger partial charge in [-0.25, -0.2) is 8.42 Å². The second-order valence-electron chi connectivity index (χ2n) is 6.81. The molecular weight excluding hydrogens is 404 g/mol. The third-order valence-corrected chi connectivity index (χ3v) is 7.83. The van der Waals surface area contributed by atoms with E-state index >= 15 is 0 Å². The van der Waals surface area contributed by atoms with Crippen LogP contribution in [0, 0.1) is 0 Å². The predicted octanol–water partition coefficient (Wildman–Crippen LogP) is 1.75. The van der Waals surface area contributed by atoms with Gasteiger partial charge in [-0.1, -0.05) is 11.8 Å². The van der Waals surface area contributed by atoms with Gasteiger partial charge in [-0.15, -0.1) is 0 Å². The third-order valence-electron chi connectivity index (χ3n) is 4.62. The number of carboxylic acid groups (broad SMARTS) is 1. The number of anilines is 1. The number of ketones is 1. The van der Waals surface area contributed by atoms with E-state index in [4.69, 9.17) is 5.11 Å². The van der Waals surface area contributed by atoms with E-state index in [1.807, 2.05) is 0 Å². The van der Waals surface area contributed by atoms with Crippen molar-refractivity contribution in [1.82, 2.24) is 0 Å². The summed E-state index contributed by atoms with van der Waals surface area (Å²) in [5, 5.41) is 8.88. The minimum absolute atomic E-state index is 0.0150. The van der Waals surface area contributed by atoms with E-state index in [9.17, 15) is 22.8 Å². The molecule has 1 amide bonds. The van der Waals surface area contributed by atoms with Crippen LogP contribution in [0.3, 0.4) is 0 Å². The van der Waals surface area contributed by atoms with Crippen molar-refractivity contribution in [2.45, 2.75) is 37.5 Å². The van der Waals surface area contributed by atoms with E-state index in [1.165, 1.54) is 18.7 Å². The molecule has 150 valence electrons. The van der Waals surface area contributed by atoms with Gasteiger partial charge in [0, 0.05) is 29.3 Å². The normalized spacial score (nSPS) is 24.3. The number of amidine groups is 1. The summed E-state index contributed by atoms with van der Waals surface area (Å²) in [6.45, 7) is 1.46. The van der Waals surface area contributed by atoms with Crippen LogP contribution in [-0.4, -0.2) is 59.1 Å². The summed E-state index contributed by atoms with van der Waals surface area (Å²) in [5.41, 5.74) is 1.20. The molecule has 1 aromatic carbocycles. The zero-order valence-electron chi connectivity index (χ0n) is 15.2. The largest absolute Gasteiger partial charge is 0.481 e. The zero-order chi connectivity index (χ0) is 20.5. The maximum atomic E-state index is 12.2. The number of fused-ring (bicyclic) bond motifs is 1. The first kappa shape index (κ1) is 20.5. The predicted molar refractivity (Wildman–Crippen MR) is 107 cm³/mol. The second-order valence-corrected chi connectivity index (χ2v) is 10.2. The summed E-state index contributed by atoms with van der Waals surface area (Å²) in [4.78, 5) is 40.1. The molecule has 8 nitrogen and oxygen atoms in total. The first-order chi connectivity index (χ1) is 13.2. The Hall–Kier alpha value is -2.20. The Morgan fingerprint density at radius 2 is 1.86 bits per heavy atom. The number of benzene rings is 1. The van der Waals surface area contributed by atoms with Crippen LogP contribution >= 0.6 is 11.8 Å². The molecule has 1 aromatic rings. The number of aliphatic imine (C=N–C) groups is 1. The van der Waals surface area contributed by atoms with Crippen LogP contribution in [0.25, 0.3) is 0 Å². The summed E-state index contributed by atoms with van der Waals surface area (Å²) >= 11 is 1.26. The molecule has 2 saturated heterocycles. The summed E-state index contributed by atoms with van der Waals surface area (Å²) in [5.74, 6) is -1.48. The monoisotopic (exact) mass is 424 g/mol. The molecule has 2 aliphatic rings. The summed E-state index contributed by atoms with van der Waals surface area (Å²) in [6, 6.07) is 6.42. The number of hydrogen-bond donors (Lipinski definition) is 1. The smallest absolute Gasteiger partial charge is 0.303 e. The standard InChI is InChI=1S/C18H20N2O6S2/c1-11(21)12-5-7-13(8-6-12)20-14-9-28(25,26)10-15(14)27-18(20)19-16(22)3-2-4-17(23)24/h5-8,14-15H,2-4,9-10H2,1H3,(H,23,24)/t14-,15-/m0/s1. The minimum atomic E-state index is -3.17. The SMILES string of the molecule is CC(=O)c1ccc(N2C(=NC(=O)CCCC(=O)O)S[C@H]3CS(=O)(=O)C[C@@H]32)cc1. The molecule has 0 spiro atoms.